The van der Waals surface area contributed by atoms with Crippen LogP contribution in [0.25, 0.3) is 21.8 Å². The largest absolute Gasteiger partial charge is 0.508 e. The summed E-state index contributed by atoms with van der Waals surface area (Å²) in [6.45, 7) is 0.943. The minimum Gasteiger partial charge on any atom is -0.508 e. The van der Waals surface area contributed by atoms with Crippen molar-refractivity contribution in [2.75, 3.05) is 25.6 Å². The molecule has 0 amide bonds. The lowest BCUT2D eigenvalue weighted by Crippen LogP contribution is -2.17. The van der Waals surface area contributed by atoms with E-state index in [9.17, 15) is 5.11 Å². The quantitative estimate of drug-likeness (QED) is 0.198. The van der Waals surface area contributed by atoms with E-state index < -0.39 is 0 Å². The van der Waals surface area contributed by atoms with Crippen LogP contribution in [0, 0.1) is 0 Å². The Hall–Kier alpha value is -3.06. The van der Waals surface area contributed by atoms with Gasteiger partial charge in [0.15, 0.2) is 0 Å². The van der Waals surface area contributed by atoms with Gasteiger partial charge in [-0.3, -0.25) is 0 Å². The molecule has 0 atom stereocenters. The Balaban J connectivity index is 1.83. The van der Waals surface area contributed by atoms with Crippen LogP contribution in [0.3, 0.4) is 0 Å². The van der Waals surface area contributed by atoms with E-state index in [1.54, 1.807) is 13.2 Å². The van der Waals surface area contributed by atoms with Gasteiger partial charge in [0, 0.05) is 40.1 Å². The second kappa shape index (κ2) is 8.75. The summed E-state index contributed by atoms with van der Waals surface area (Å²) in [7, 11) is 1.63. The van der Waals surface area contributed by atoms with Gasteiger partial charge < -0.3 is 25.6 Å². The molecule has 0 spiro atoms. The molecule has 7 heteroatoms. The molecule has 3 aromatic carbocycles. The van der Waals surface area contributed by atoms with E-state index in [2.05, 4.69) is 10.6 Å². The number of phenolic OH excluding ortho intramolecular Hbond substituents is 1. The maximum absolute atomic E-state index is 10.2. The van der Waals surface area contributed by atoms with Crippen molar-refractivity contribution in [3.63, 3.8) is 0 Å². The maximum Gasteiger partial charge on any atom is 0.120 e. The van der Waals surface area contributed by atoms with Crippen molar-refractivity contribution in [1.82, 2.24) is 10.3 Å². The van der Waals surface area contributed by atoms with Gasteiger partial charge in [-0.1, -0.05) is 11.6 Å². The Morgan fingerprint density at radius 3 is 2.67 bits per heavy atom. The molecule has 4 aromatic rings. The first-order chi connectivity index (χ1) is 14.6. The summed E-state index contributed by atoms with van der Waals surface area (Å²) in [6, 6.07) is 16.7. The van der Waals surface area contributed by atoms with Gasteiger partial charge in [-0.2, -0.15) is 0 Å². The fraction of sp³-hybridized carbons (Fsp3) is 0.174. The van der Waals surface area contributed by atoms with Crippen molar-refractivity contribution in [2.45, 2.75) is 6.54 Å². The summed E-state index contributed by atoms with van der Waals surface area (Å²) in [4.78, 5) is 4.74. The van der Waals surface area contributed by atoms with E-state index in [1.807, 2.05) is 48.5 Å². The zero-order valence-corrected chi connectivity index (χ0v) is 17.2. The number of hydrogen-bond acceptors (Lipinski definition) is 6. The number of halogens is 1. The predicted molar refractivity (Wildman–Crippen MR) is 121 cm³/mol. The van der Waals surface area contributed by atoms with Gasteiger partial charge in [-0.25, -0.2) is 4.98 Å². The molecule has 0 aliphatic rings. The minimum absolute atomic E-state index is 0.0398. The van der Waals surface area contributed by atoms with Crippen molar-refractivity contribution >= 4 is 44.8 Å². The van der Waals surface area contributed by atoms with Gasteiger partial charge in [0.1, 0.15) is 11.5 Å². The molecule has 0 saturated heterocycles. The molecular formula is C23H22ClN3O3. The van der Waals surface area contributed by atoms with E-state index in [0.29, 0.717) is 18.1 Å². The standard InChI is InChI=1S/C23H22ClN3O3/c1-30-17-4-6-20-19(12-17)23(18-5-2-15(24)11-21(18)27-20)26-16-3-7-22(29)14(10-16)13-25-8-9-28/h2-7,10-12,25,28-29H,8-9,13H2,1H3,(H,26,27). The molecule has 0 saturated carbocycles. The molecule has 0 aliphatic carbocycles. The van der Waals surface area contributed by atoms with Crippen molar-refractivity contribution < 1.29 is 14.9 Å². The highest BCUT2D eigenvalue weighted by atomic mass is 35.5. The number of ether oxygens (including phenoxy) is 1. The molecular weight excluding hydrogens is 402 g/mol. The average Bonchev–Trinajstić information content (AvgIpc) is 2.75. The number of rotatable bonds is 7. The van der Waals surface area contributed by atoms with Crippen LogP contribution in [0.15, 0.2) is 54.6 Å². The third-order valence-electron chi connectivity index (χ3n) is 4.90. The molecule has 30 heavy (non-hydrogen) atoms. The van der Waals surface area contributed by atoms with E-state index in [0.717, 1.165) is 44.5 Å². The molecule has 0 unspecified atom stereocenters. The third-order valence-corrected chi connectivity index (χ3v) is 5.13. The lowest BCUT2D eigenvalue weighted by Gasteiger charge is -2.16. The Bertz CT molecular complexity index is 1210. The summed E-state index contributed by atoms with van der Waals surface area (Å²) in [5, 5.41) is 28.2. The average molecular weight is 424 g/mol. The smallest absolute Gasteiger partial charge is 0.120 e. The molecule has 6 nitrogen and oxygen atoms in total. The number of aromatic nitrogens is 1. The second-order valence-electron chi connectivity index (χ2n) is 6.90. The van der Waals surface area contributed by atoms with Crippen molar-refractivity contribution in [2.24, 2.45) is 0 Å². The van der Waals surface area contributed by atoms with Crippen molar-refractivity contribution in [3.8, 4) is 11.5 Å². The molecule has 4 N–H and O–H groups in total. The zero-order valence-electron chi connectivity index (χ0n) is 16.4. The second-order valence-corrected chi connectivity index (χ2v) is 7.34. The summed E-state index contributed by atoms with van der Waals surface area (Å²) < 4.78 is 5.41. The van der Waals surface area contributed by atoms with Crippen LogP contribution in [0.2, 0.25) is 5.02 Å². The van der Waals surface area contributed by atoms with Crippen LogP contribution >= 0.6 is 11.6 Å². The Morgan fingerprint density at radius 1 is 1.00 bits per heavy atom. The Kier molecular flexibility index (Phi) is 5.90. The number of aliphatic hydroxyl groups excluding tert-OH is 1. The molecule has 1 aromatic heterocycles. The first-order valence-corrected chi connectivity index (χ1v) is 9.94. The minimum atomic E-state index is 0.0398. The molecule has 1 heterocycles. The molecule has 4 rings (SSSR count). The first-order valence-electron chi connectivity index (χ1n) is 9.56. The highest BCUT2D eigenvalue weighted by Crippen LogP contribution is 2.36. The van der Waals surface area contributed by atoms with Crippen LogP contribution in [-0.2, 0) is 6.54 Å². The molecule has 0 bridgehead atoms. The highest BCUT2D eigenvalue weighted by molar-refractivity contribution is 6.31. The maximum atomic E-state index is 10.2. The summed E-state index contributed by atoms with van der Waals surface area (Å²) >= 11 is 6.20. The molecule has 0 fully saturated rings. The monoisotopic (exact) mass is 423 g/mol. The number of hydrogen-bond donors (Lipinski definition) is 4. The van der Waals surface area contributed by atoms with Crippen LogP contribution < -0.4 is 15.4 Å². The van der Waals surface area contributed by atoms with Crippen LogP contribution in [0.4, 0.5) is 11.4 Å². The zero-order chi connectivity index (χ0) is 21.1. The number of fused-ring (bicyclic) bond motifs is 2. The van der Waals surface area contributed by atoms with Gasteiger partial charge in [0.25, 0.3) is 0 Å². The number of phenols is 1. The molecule has 154 valence electrons. The number of nitrogens with one attached hydrogen (secondary N) is 2. The van der Waals surface area contributed by atoms with Crippen LogP contribution in [0.5, 0.6) is 11.5 Å². The third kappa shape index (κ3) is 4.11. The van der Waals surface area contributed by atoms with E-state index in [1.165, 1.54) is 0 Å². The fourth-order valence-corrected chi connectivity index (χ4v) is 3.58. The Labute approximate surface area is 179 Å². The number of methoxy groups -OCH3 is 1. The van der Waals surface area contributed by atoms with E-state index in [-0.39, 0.29) is 12.4 Å². The van der Waals surface area contributed by atoms with Crippen molar-refractivity contribution in [3.05, 3.63) is 65.2 Å². The molecule has 0 aliphatic heterocycles. The summed E-state index contributed by atoms with van der Waals surface area (Å²) in [5.74, 6) is 0.934. The lowest BCUT2D eigenvalue weighted by atomic mass is 10.1. The van der Waals surface area contributed by atoms with Gasteiger partial charge >= 0.3 is 0 Å². The molecule has 0 radical (unpaired) electrons. The van der Waals surface area contributed by atoms with Crippen LogP contribution in [-0.4, -0.2) is 35.5 Å². The van der Waals surface area contributed by atoms with Gasteiger partial charge in [-0.05, 0) is 54.6 Å². The lowest BCUT2D eigenvalue weighted by molar-refractivity contribution is 0.291. The topological polar surface area (TPSA) is 86.6 Å². The van der Waals surface area contributed by atoms with Gasteiger partial charge in [0.05, 0.1) is 30.4 Å². The first kappa shape index (κ1) is 20.2. The number of pyridine rings is 1. The highest BCUT2D eigenvalue weighted by Gasteiger charge is 2.12. The predicted octanol–water partition coefficient (Wildman–Crippen LogP) is 4.58. The van der Waals surface area contributed by atoms with Gasteiger partial charge in [-0.15, -0.1) is 0 Å². The number of aromatic hydroxyl groups is 1. The van der Waals surface area contributed by atoms with E-state index >= 15 is 0 Å². The number of anilines is 2. The summed E-state index contributed by atoms with van der Waals surface area (Å²) in [5.41, 5.74) is 4.03. The normalized spacial score (nSPS) is 11.2. The number of benzene rings is 3. The number of nitrogens with zero attached hydrogens (tertiary/aromatic N) is 1. The SMILES string of the molecule is COc1ccc2nc3cc(Cl)ccc3c(Nc3ccc(O)c(CNCCO)c3)c2c1. The Morgan fingerprint density at radius 2 is 1.87 bits per heavy atom. The van der Waals surface area contributed by atoms with Gasteiger partial charge in [0.2, 0.25) is 0 Å². The van der Waals surface area contributed by atoms with Crippen molar-refractivity contribution in [1.29, 1.82) is 0 Å². The fourth-order valence-electron chi connectivity index (χ4n) is 3.41. The van der Waals surface area contributed by atoms with E-state index in [4.69, 9.17) is 26.4 Å². The summed E-state index contributed by atoms with van der Waals surface area (Å²) in [6.07, 6.45) is 0. The number of aliphatic hydroxyl groups is 1. The van der Waals surface area contributed by atoms with Crippen LogP contribution in [0.1, 0.15) is 5.56 Å².